The maximum absolute atomic E-state index is 12.7. The lowest BCUT2D eigenvalue weighted by molar-refractivity contribution is -0.192. The summed E-state index contributed by atoms with van der Waals surface area (Å²) in [5, 5.41) is 7.12. The van der Waals surface area contributed by atoms with Crippen LogP contribution in [0.5, 0.6) is 0 Å². The number of carboxylic acid groups (broad SMARTS) is 1. The first-order chi connectivity index (χ1) is 16.2. The standard InChI is InChI=1S/C22H30N2O3.C2HF3O2/c25-21(19-3-1-2-4-19)24-13-9-22(10-14-24)20(8-16-27-22)7-15-26-17-18-5-11-23-12-6-18;3-2(4,5)1(6)7/h1-2,5-6,11-12,19-20H,3-4,7-10,13-17H2;(H,6,7). The van der Waals surface area contributed by atoms with Gasteiger partial charge in [-0.2, -0.15) is 13.2 Å². The molecule has 1 aliphatic carbocycles. The smallest absolute Gasteiger partial charge is 0.475 e. The molecule has 2 saturated heterocycles. The summed E-state index contributed by atoms with van der Waals surface area (Å²) in [6.07, 6.45) is 8.69. The van der Waals surface area contributed by atoms with Gasteiger partial charge < -0.3 is 19.5 Å². The van der Waals surface area contributed by atoms with Crippen molar-refractivity contribution < 1.29 is 37.3 Å². The molecule has 1 unspecified atom stereocenters. The molecule has 188 valence electrons. The van der Waals surface area contributed by atoms with Crippen molar-refractivity contribution in [3.05, 3.63) is 42.2 Å². The van der Waals surface area contributed by atoms with Gasteiger partial charge in [-0.05, 0) is 62.1 Å². The molecule has 1 N–H and O–H groups in total. The predicted molar refractivity (Wildman–Crippen MR) is 117 cm³/mol. The number of pyridine rings is 1. The molecule has 3 heterocycles. The molecule has 2 fully saturated rings. The van der Waals surface area contributed by atoms with Crippen LogP contribution >= 0.6 is 0 Å². The van der Waals surface area contributed by atoms with Gasteiger partial charge in [-0.3, -0.25) is 9.78 Å². The molecule has 0 saturated carbocycles. The summed E-state index contributed by atoms with van der Waals surface area (Å²) in [6, 6.07) is 3.99. The average Bonchev–Trinajstić information content (AvgIpc) is 3.48. The van der Waals surface area contributed by atoms with Crippen LogP contribution in [-0.2, 0) is 25.7 Å². The number of hydrogen-bond donors (Lipinski definition) is 1. The molecule has 34 heavy (non-hydrogen) atoms. The Balaban J connectivity index is 0.000000406. The van der Waals surface area contributed by atoms with Gasteiger partial charge in [0.15, 0.2) is 0 Å². The Bertz CT molecular complexity index is 831. The van der Waals surface area contributed by atoms with Crippen LogP contribution in [0.1, 0.15) is 44.1 Å². The number of hydrogen-bond acceptors (Lipinski definition) is 5. The fourth-order valence-corrected chi connectivity index (χ4v) is 4.82. The third-order valence-corrected chi connectivity index (χ3v) is 6.75. The van der Waals surface area contributed by atoms with Crippen molar-refractivity contribution in [3.8, 4) is 0 Å². The highest BCUT2D eigenvalue weighted by Gasteiger charge is 2.46. The zero-order chi connectivity index (χ0) is 24.6. The van der Waals surface area contributed by atoms with E-state index in [0.717, 1.165) is 70.4 Å². The molecule has 0 radical (unpaired) electrons. The van der Waals surface area contributed by atoms with Crippen LogP contribution in [0.15, 0.2) is 36.7 Å². The Kier molecular flexibility index (Phi) is 9.07. The zero-order valence-corrected chi connectivity index (χ0v) is 19.0. The van der Waals surface area contributed by atoms with Gasteiger partial charge in [-0.15, -0.1) is 0 Å². The molecule has 10 heteroatoms. The molecule has 2 aliphatic heterocycles. The normalized spacial score (nSPS) is 22.0. The first-order valence-corrected chi connectivity index (χ1v) is 11.6. The summed E-state index contributed by atoms with van der Waals surface area (Å²) < 4.78 is 43.9. The molecule has 3 aliphatic rings. The highest BCUT2D eigenvalue weighted by Crippen LogP contribution is 2.42. The Labute approximate surface area is 196 Å². The van der Waals surface area contributed by atoms with Gasteiger partial charge in [0.2, 0.25) is 5.91 Å². The fourth-order valence-electron chi connectivity index (χ4n) is 4.82. The summed E-state index contributed by atoms with van der Waals surface area (Å²) >= 11 is 0. The summed E-state index contributed by atoms with van der Waals surface area (Å²) in [7, 11) is 0. The maximum Gasteiger partial charge on any atom is 0.490 e. The quantitative estimate of drug-likeness (QED) is 0.485. The Morgan fingerprint density at radius 1 is 1.18 bits per heavy atom. The molecule has 1 spiro atoms. The molecule has 0 bridgehead atoms. The Morgan fingerprint density at radius 3 is 2.38 bits per heavy atom. The van der Waals surface area contributed by atoms with Crippen LogP contribution in [0.3, 0.4) is 0 Å². The van der Waals surface area contributed by atoms with Gasteiger partial charge in [-0.25, -0.2) is 4.79 Å². The lowest BCUT2D eigenvalue weighted by atomic mass is 9.78. The number of allylic oxidation sites excluding steroid dienone is 2. The van der Waals surface area contributed by atoms with E-state index in [2.05, 4.69) is 22.0 Å². The number of rotatable bonds is 6. The van der Waals surface area contributed by atoms with Crippen molar-refractivity contribution in [1.29, 1.82) is 0 Å². The number of alkyl halides is 3. The number of carbonyl (C=O) groups is 2. The van der Waals surface area contributed by atoms with Gasteiger partial charge in [-0.1, -0.05) is 12.2 Å². The number of likely N-dealkylation sites (tertiary alicyclic amines) is 1. The lowest BCUT2D eigenvalue weighted by Gasteiger charge is -2.43. The van der Waals surface area contributed by atoms with Crippen molar-refractivity contribution in [2.75, 3.05) is 26.3 Å². The summed E-state index contributed by atoms with van der Waals surface area (Å²) in [5.41, 5.74) is 1.13. The minimum absolute atomic E-state index is 0.0370. The predicted octanol–water partition coefficient (Wildman–Crippen LogP) is 3.99. The van der Waals surface area contributed by atoms with E-state index in [1.807, 2.05) is 12.1 Å². The maximum atomic E-state index is 12.7. The van der Waals surface area contributed by atoms with Crippen LogP contribution in [0, 0.1) is 11.8 Å². The topological polar surface area (TPSA) is 89.0 Å². The van der Waals surface area contributed by atoms with Gasteiger partial charge in [0, 0.05) is 44.6 Å². The van der Waals surface area contributed by atoms with E-state index in [0.29, 0.717) is 18.4 Å². The van der Waals surface area contributed by atoms with Crippen LogP contribution in [-0.4, -0.2) is 64.9 Å². The van der Waals surface area contributed by atoms with Crippen LogP contribution in [0.25, 0.3) is 0 Å². The second-order valence-corrected chi connectivity index (χ2v) is 8.86. The third kappa shape index (κ3) is 7.02. The number of aliphatic carboxylic acids is 1. The largest absolute Gasteiger partial charge is 0.490 e. The van der Waals surface area contributed by atoms with Gasteiger partial charge in [0.1, 0.15) is 0 Å². The fraction of sp³-hybridized carbons (Fsp3) is 0.625. The second-order valence-electron chi connectivity index (χ2n) is 8.86. The minimum Gasteiger partial charge on any atom is -0.475 e. The summed E-state index contributed by atoms with van der Waals surface area (Å²) in [5.74, 6) is -1.70. The van der Waals surface area contributed by atoms with E-state index in [1.165, 1.54) is 0 Å². The van der Waals surface area contributed by atoms with Crippen molar-refractivity contribution in [2.24, 2.45) is 11.8 Å². The molecule has 4 rings (SSSR count). The van der Waals surface area contributed by atoms with E-state index in [9.17, 15) is 18.0 Å². The van der Waals surface area contributed by atoms with Gasteiger partial charge >= 0.3 is 12.1 Å². The van der Waals surface area contributed by atoms with Crippen LogP contribution in [0.2, 0.25) is 0 Å². The molecule has 7 nitrogen and oxygen atoms in total. The first kappa shape index (κ1) is 26.2. The Morgan fingerprint density at radius 2 is 1.79 bits per heavy atom. The van der Waals surface area contributed by atoms with Crippen molar-refractivity contribution in [1.82, 2.24) is 9.88 Å². The van der Waals surface area contributed by atoms with E-state index in [4.69, 9.17) is 19.4 Å². The van der Waals surface area contributed by atoms with E-state index in [-0.39, 0.29) is 11.5 Å². The van der Waals surface area contributed by atoms with Crippen molar-refractivity contribution in [2.45, 2.75) is 56.9 Å². The van der Waals surface area contributed by atoms with Gasteiger partial charge in [0.25, 0.3) is 0 Å². The molecule has 0 aromatic carbocycles. The van der Waals surface area contributed by atoms with E-state index < -0.39 is 12.1 Å². The molecule has 1 atom stereocenters. The van der Waals surface area contributed by atoms with E-state index in [1.54, 1.807) is 12.4 Å². The minimum atomic E-state index is -5.08. The number of piperidine rings is 1. The third-order valence-electron chi connectivity index (χ3n) is 6.75. The van der Waals surface area contributed by atoms with E-state index >= 15 is 0 Å². The molecular formula is C24H31F3N2O5. The molecule has 1 amide bonds. The van der Waals surface area contributed by atoms with Gasteiger partial charge in [0.05, 0.1) is 12.2 Å². The first-order valence-electron chi connectivity index (χ1n) is 11.6. The van der Waals surface area contributed by atoms with Crippen molar-refractivity contribution in [3.63, 3.8) is 0 Å². The summed E-state index contributed by atoms with van der Waals surface area (Å²) in [6.45, 7) is 3.91. The number of carboxylic acids is 1. The van der Waals surface area contributed by atoms with Crippen LogP contribution in [0.4, 0.5) is 13.2 Å². The number of carbonyl (C=O) groups excluding carboxylic acids is 1. The number of ether oxygens (including phenoxy) is 2. The number of nitrogens with zero attached hydrogens (tertiary/aromatic N) is 2. The number of halogens is 3. The average molecular weight is 485 g/mol. The zero-order valence-electron chi connectivity index (χ0n) is 19.0. The highest BCUT2D eigenvalue weighted by molar-refractivity contribution is 5.79. The Hall–Kier alpha value is -2.46. The number of aromatic nitrogens is 1. The monoisotopic (exact) mass is 484 g/mol. The SMILES string of the molecule is O=C(C1CC=CC1)N1CCC2(CC1)OCCC2CCOCc1ccncc1.O=C(O)C(F)(F)F. The lowest BCUT2D eigenvalue weighted by Crippen LogP contribution is -2.50. The second kappa shape index (κ2) is 11.8. The molecule has 1 aromatic rings. The van der Waals surface area contributed by atoms with Crippen molar-refractivity contribution >= 4 is 11.9 Å². The number of amides is 1. The summed E-state index contributed by atoms with van der Waals surface area (Å²) in [4.78, 5) is 27.7. The van der Waals surface area contributed by atoms with Crippen LogP contribution < -0.4 is 0 Å². The molecule has 1 aromatic heterocycles. The molecular weight excluding hydrogens is 453 g/mol. The highest BCUT2D eigenvalue weighted by atomic mass is 19.4.